The molecule has 6 heteroatoms. The third-order valence-corrected chi connectivity index (χ3v) is 4.62. The summed E-state index contributed by atoms with van der Waals surface area (Å²) in [6.45, 7) is 2.50. The maximum atomic E-state index is 12.0. The van der Waals surface area contributed by atoms with E-state index in [1.54, 1.807) is 6.20 Å². The van der Waals surface area contributed by atoms with Gasteiger partial charge in [-0.25, -0.2) is 4.98 Å². The molecule has 0 unspecified atom stereocenters. The summed E-state index contributed by atoms with van der Waals surface area (Å²) in [5.74, 6) is 1.31. The van der Waals surface area contributed by atoms with Crippen LogP contribution in [0.5, 0.6) is 0 Å². The van der Waals surface area contributed by atoms with Crippen LogP contribution in [0.4, 0.5) is 0 Å². The van der Waals surface area contributed by atoms with Gasteiger partial charge in [0.25, 0.3) is 0 Å². The van der Waals surface area contributed by atoms with Crippen LogP contribution in [0.3, 0.4) is 0 Å². The molecule has 2 aromatic rings. The van der Waals surface area contributed by atoms with Gasteiger partial charge in [0.05, 0.1) is 6.20 Å². The molecule has 1 aliphatic rings. The SMILES string of the molecule is O=C(CCc1ncc(-c2ccccc2Br)o1)NCC1=CCNCC1. The topological polar surface area (TPSA) is 67.2 Å². The van der Waals surface area contributed by atoms with Crippen molar-refractivity contribution in [2.24, 2.45) is 0 Å². The van der Waals surface area contributed by atoms with E-state index >= 15 is 0 Å². The molecule has 0 saturated carbocycles. The van der Waals surface area contributed by atoms with Crippen LogP contribution in [0.25, 0.3) is 11.3 Å². The smallest absolute Gasteiger partial charge is 0.220 e. The maximum absolute atomic E-state index is 12.0. The van der Waals surface area contributed by atoms with Gasteiger partial charge >= 0.3 is 0 Å². The number of aryl methyl sites for hydroxylation is 1. The summed E-state index contributed by atoms with van der Waals surface area (Å²) in [5.41, 5.74) is 2.24. The Morgan fingerprint density at radius 3 is 3.04 bits per heavy atom. The van der Waals surface area contributed by atoms with E-state index in [0.29, 0.717) is 31.0 Å². The fourth-order valence-electron chi connectivity index (χ4n) is 2.56. The second-order valence-corrected chi connectivity index (χ2v) is 6.55. The van der Waals surface area contributed by atoms with Gasteiger partial charge in [0.2, 0.25) is 5.91 Å². The van der Waals surface area contributed by atoms with Gasteiger partial charge in [0, 0.05) is 36.0 Å². The molecule has 0 radical (unpaired) electrons. The van der Waals surface area contributed by atoms with Crippen LogP contribution in [0.1, 0.15) is 18.7 Å². The second-order valence-electron chi connectivity index (χ2n) is 5.69. The number of halogens is 1. The molecule has 5 nitrogen and oxygen atoms in total. The van der Waals surface area contributed by atoms with E-state index in [1.165, 1.54) is 5.57 Å². The van der Waals surface area contributed by atoms with Crippen LogP contribution in [-0.2, 0) is 11.2 Å². The van der Waals surface area contributed by atoms with Crippen LogP contribution in [0.15, 0.2) is 51.0 Å². The predicted octanol–water partition coefficient (Wildman–Crippen LogP) is 3.07. The van der Waals surface area contributed by atoms with Crippen LogP contribution in [0.2, 0.25) is 0 Å². The first-order valence-electron chi connectivity index (χ1n) is 8.07. The van der Waals surface area contributed by atoms with Gasteiger partial charge < -0.3 is 15.1 Å². The van der Waals surface area contributed by atoms with Crippen LogP contribution >= 0.6 is 15.9 Å². The quantitative estimate of drug-likeness (QED) is 0.744. The lowest BCUT2D eigenvalue weighted by atomic mass is 10.1. The fraction of sp³-hybridized carbons (Fsp3) is 0.333. The van der Waals surface area contributed by atoms with E-state index in [0.717, 1.165) is 29.5 Å². The zero-order valence-electron chi connectivity index (χ0n) is 13.3. The molecule has 0 atom stereocenters. The summed E-state index contributed by atoms with van der Waals surface area (Å²) < 4.78 is 6.71. The van der Waals surface area contributed by atoms with Crippen molar-refractivity contribution in [1.29, 1.82) is 0 Å². The van der Waals surface area contributed by atoms with Gasteiger partial charge in [-0.15, -0.1) is 0 Å². The van der Waals surface area contributed by atoms with E-state index in [2.05, 4.69) is 37.6 Å². The predicted molar refractivity (Wildman–Crippen MR) is 96.5 cm³/mol. The number of rotatable bonds is 6. The molecule has 1 aliphatic heterocycles. The standard InChI is InChI=1S/C18H20BrN3O2/c19-15-4-2-1-3-14(15)16-12-22-18(24-16)6-5-17(23)21-11-13-7-9-20-10-8-13/h1-4,7,12,20H,5-6,8-11H2,(H,21,23). The summed E-state index contributed by atoms with van der Waals surface area (Å²) in [5, 5.41) is 6.21. The molecule has 2 heterocycles. The van der Waals surface area contributed by atoms with Gasteiger partial charge in [0.15, 0.2) is 11.7 Å². The second kappa shape index (κ2) is 8.26. The first kappa shape index (κ1) is 16.9. The number of carbonyl (C=O) groups is 1. The Labute approximate surface area is 149 Å². The van der Waals surface area contributed by atoms with Crippen molar-refractivity contribution >= 4 is 21.8 Å². The van der Waals surface area contributed by atoms with Crippen LogP contribution < -0.4 is 10.6 Å². The molecule has 1 aromatic heterocycles. The molecule has 0 bridgehead atoms. The molecule has 0 fully saturated rings. The Hall–Kier alpha value is -1.92. The fourth-order valence-corrected chi connectivity index (χ4v) is 3.04. The van der Waals surface area contributed by atoms with Crippen molar-refractivity contribution < 1.29 is 9.21 Å². The highest BCUT2D eigenvalue weighted by molar-refractivity contribution is 9.10. The molecular weight excluding hydrogens is 370 g/mol. The van der Waals surface area contributed by atoms with Crippen molar-refractivity contribution in [1.82, 2.24) is 15.6 Å². The Kier molecular flexibility index (Phi) is 5.82. The number of oxazole rings is 1. The Morgan fingerprint density at radius 1 is 1.38 bits per heavy atom. The lowest BCUT2D eigenvalue weighted by molar-refractivity contribution is -0.120. The Bertz CT molecular complexity index is 739. The highest BCUT2D eigenvalue weighted by Gasteiger charge is 2.11. The minimum atomic E-state index is 0.0232. The maximum Gasteiger partial charge on any atom is 0.220 e. The number of aromatic nitrogens is 1. The van der Waals surface area contributed by atoms with Crippen molar-refractivity contribution in [2.45, 2.75) is 19.3 Å². The van der Waals surface area contributed by atoms with E-state index < -0.39 is 0 Å². The number of nitrogens with one attached hydrogen (secondary N) is 2. The number of benzene rings is 1. The minimum absolute atomic E-state index is 0.0232. The molecule has 0 saturated heterocycles. The average Bonchev–Trinajstić information content (AvgIpc) is 3.08. The molecule has 2 N–H and O–H groups in total. The molecule has 1 amide bonds. The van der Waals surface area contributed by atoms with Gasteiger partial charge in [0.1, 0.15) is 0 Å². The first-order valence-corrected chi connectivity index (χ1v) is 8.86. The van der Waals surface area contributed by atoms with Crippen molar-refractivity contribution in [3.63, 3.8) is 0 Å². The lowest BCUT2D eigenvalue weighted by Crippen LogP contribution is -2.29. The third-order valence-electron chi connectivity index (χ3n) is 3.93. The van der Waals surface area contributed by atoms with Crippen LogP contribution in [0, 0.1) is 0 Å². The average molecular weight is 390 g/mol. The number of carbonyl (C=O) groups excluding carboxylic acids is 1. The van der Waals surface area contributed by atoms with Gasteiger partial charge in [-0.3, -0.25) is 4.79 Å². The molecule has 24 heavy (non-hydrogen) atoms. The zero-order valence-corrected chi connectivity index (χ0v) is 14.9. The first-order chi connectivity index (χ1) is 11.7. The van der Waals surface area contributed by atoms with Crippen LogP contribution in [-0.4, -0.2) is 30.5 Å². The summed E-state index contributed by atoms with van der Waals surface area (Å²) in [6, 6.07) is 7.83. The zero-order chi connectivity index (χ0) is 16.8. The molecule has 0 spiro atoms. The molecular formula is C18H20BrN3O2. The van der Waals surface area contributed by atoms with Gasteiger partial charge in [-0.1, -0.05) is 45.8 Å². The number of hydrogen-bond donors (Lipinski definition) is 2. The van der Waals surface area contributed by atoms with E-state index in [-0.39, 0.29) is 5.91 Å². The summed E-state index contributed by atoms with van der Waals surface area (Å²) in [6.07, 6.45) is 5.71. The lowest BCUT2D eigenvalue weighted by Gasteiger charge is -2.14. The van der Waals surface area contributed by atoms with Gasteiger partial charge in [-0.05, 0) is 19.0 Å². The van der Waals surface area contributed by atoms with E-state index in [9.17, 15) is 4.79 Å². The highest BCUT2D eigenvalue weighted by Crippen LogP contribution is 2.28. The summed E-state index contributed by atoms with van der Waals surface area (Å²) in [7, 11) is 0. The van der Waals surface area contributed by atoms with Crippen molar-refractivity contribution in [3.8, 4) is 11.3 Å². The van der Waals surface area contributed by atoms with E-state index in [4.69, 9.17) is 4.42 Å². The van der Waals surface area contributed by atoms with E-state index in [1.807, 2.05) is 24.3 Å². The Balaban J connectivity index is 1.49. The Morgan fingerprint density at radius 2 is 2.25 bits per heavy atom. The molecule has 126 valence electrons. The molecule has 0 aliphatic carbocycles. The number of nitrogens with zero attached hydrogens (tertiary/aromatic N) is 1. The normalized spacial score (nSPS) is 14.3. The minimum Gasteiger partial charge on any atom is -0.441 e. The largest absolute Gasteiger partial charge is 0.441 e. The number of hydrogen-bond acceptors (Lipinski definition) is 4. The van der Waals surface area contributed by atoms with Crippen molar-refractivity contribution in [3.05, 3.63) is 52.5 Å². The number of amides is 1. The highest BCUT2D eigenvalue weighted by atomic mass is 79.9. The molecule has 3 rings (SSSR count). The monoisotopic (exact) mass is 389 g/mol. The summed E-state index contributed by atoms with van der Waals surface area (Å²) >= 11 is 3.50. The van der Waals surface area contributed by atoms with Gasteiger partial charge in [-0.2, -0.15) is 0 Å². The summed E-state index contributed by atoms with van der Waals surface area (Å²) in [4.78, 5) is 16.2. The molecule has 1 aromatic carbocycles. The van der Waals surface area contributed by atoms with Crippen molar-refractivity contribution in [2.75, 3.05) is 19.6 Å². The third kappa shape index (κ3) is 4.55.